The SMILES string of the molecule is CCCn1cc(Nc2ncc(Cl)c(NC3CCC4(CCNCC4)CC3)n2)cn1. The third-order valence-electron chi connectivity index (χ3n) is 6.14. The highest BCUT2D eigenvalue weighted by Crippen LogP contribution is 2.43. The lowest BCUT2D eigenvalue weighted by atomic mass is 9.67. The zero-order valence-electron chi connectivity index (χ0n) is 16.5. The number of piperidine rings is 1. The normalized spacial score (nSPS) is 19.6. The van der Waals surface area contributed by atoms with Crippen molar-refractivity contribution in [3.8, 4) is 0 Å². The quantitative estimate of drug-likeness (QED) is 0.670. The van der Waals surface area contributed by atoms with Crippen molar-refractivity contribution in [2.75, 3.05) is 23.7 Å². The van der Waals surface area contributed by atoms with E-state index in [4.69, 9.17) is 11.6 Å². The average molecular weight is 404 g/mol. The van der Waals surface area contributed by atoms with E-state index in [1.165, 1.54) is 51.6 Å². The third-order valence-corrected chi connectivity index (χ3v) is 6.41. The lowest BCUT2D eigenvalue weighted by Crippen LogP contribution is -2.41. The first kappa shape index (κ1) is 19.5. The van der Waals surface area contributed by atoms with Crippen molar-refractivity contribution < 1.29 is 0 Å². The molecule has 0 unspecified atom stereocenters. The molecule has 8 heteroatoms. The highest BCUT2D eigenvalue weighted by Gasteiger charge is 2.36. The molecule has 1 aliphatic heterocycles. The van der Waals surface area contributed by atoms with Gasteiger partial charge in [-0.1, -0.05) is 18.5 Å². The number of aryl methyl sites for hydroxylation is 1. The van der Waals surface area contributed by atoms with E-state index in [0.717, 1.165) is 18.7 Å². The molecule has 0 amide bonds. The van der Waals surface area contributed by atoms with E-state index in [9.17, 15) is 0 Å². The van der Waals surface area contributed by atoms with Crippen LogP contribution < -0.4 is 16.0 Å². The lowest BCUT2D eigenvalue weighted by molar-refractivity contribution is 0.128. The highest BCUT2D eigenvalue weighted by atomic mass is 35.5. The van der Waals surface area contributed by atoms with E-state index in [2.05, 4.69) is 37.9 Å². The predicted octanol–water partition coefficient (Wildman–Crippen LogP) is 4.20. The molecule has 0 aromatic carbocycles. The summed E-state index contributed by atoms with van der Waals surface area (Å²) in [5.74, 6) is 1.25. The minimum Gasteiger partial charge on any atom is -0.366 e. The number of nitrogens with zero attached hydrogens (tertiary/aromatic N) is 4. The Morgan fingerprint density at radius 3 is 2.75 bits per heavy atom. The second-order valence-electron chi connectivity index (χ2n) is 8.18. The molecule has 3 heterocycles. The van der Waals surface area contributed by atoms with Crippen molar-refractivity contribution in [1.82, 2.24) is 25.1 Å². The number of aromatic nitrogens is 4. The van der Waals surface area contributed by atoms with Gasteiger partial charge in [0.1, 0.15) is 5.02 Å². The molecular formula is C20H30ClN7. The van der Waals surface area contributed by atoms with Gasteiger partial charge in [-0.15, -0.1) is 0 Å². The molecule has 2 aromatic rings. The molecule has 152 valence electrons. The molecule has 2 aromatic heterocycles. The first-order valence-corrected chi connectivity index (χ1v) is 10.8. The summed E-state index contributed by atoms with van der Waals surface area (Å²) < 4.78 is 1.91. The third kappa shape index (κ3) is 4.58. The average Bonchev–Trinajstić information content (AvgIpc) is 3.14. The van der Waals surface area contributed by atoms with Crippen LogP contribution in [0, 0.1) is 5.41 Å². The molecule has 1 aliphatic carbocycles. The Morgan fingerprint density at radius 1 is 1.21 bits per heavy atom. The van der Waals surface area contributed by atoms with E-state index in [0.29, 0.717) is 28.2 Å². The molecule has 7 nitrogen and oxygen atoms in total. The van der Waals surface area contributed by atoms with Crippen LogP contribution in [-0.4, -0.2) is 38.9 Å². The van der Waals surface area contributed by atoms with Crippen molar-refractivity contribution in [3.05, 3.63) is 23.6 Å². The van der Waals surface area contributed by atoms with Crippen molar-refractivity contribution in [2.24, 2.45) is 5.41 Å². The van der Waals surface area contributed by atoms with Crippen LogP contribution in [0.3, 0.4) is 0 Å². The number of nitrogens with one attached hydrogen (secondary N) is 3. The number of hydrogen-bond donors (Lipinski definition) is 3. The molecule has 1 saturated heterocycles. The fourth-order valence-electron chi connectivity index (χ4n) is 4.46. The monoisotopic (exact) mass is 403 g/mol. The summed E-state index contributed by atoms with van der Waals surface area (Å²) in [7, 11) is 0. The van der Waals surface area contributed by atoms with Gasteiger partial charge in [-0.2, -0.15) is 10.1 Å². The number of hydrogen-bond acceptors (Lipinski definition) is 6. The molecular weight excluding hydrogens is 374 g/mol. The number of rotatable bonds is 6. The van der Waals surface area contributed by atoms with E-state index >= 15 is 0 Å². The summed E-state index contributed by atoms with van der Waals surface area (Å²) in [5, 5.41) is 15.2. The lowest BCUT2D eigenvalue weighted by Gasteiger charge is -2.43. The van der Waals surface area contributed by atoms with Crippen molar-refractivity contribution >= 4 is 29.1 Å². The first-order valence-electron chi connectivity index (χ1n) is 10.5. The van der Waals surface area contributed by atoms with Crippen LogP contribution in [-0.2, 0) is 6.54 Å². The van der Waals surface area contributed by atoms with Crippen LogP contribution >= 0.6 is 11.6 Å². The van der Waals surface area contributed by atoms with Gasteiger partial charge in [0.2, 0.25) is 5.95 Å². The van der Waals surface area contributed by atoms with E-state index in [1.54, 1.807) is 12.4 Å². The summed E-state index contributed by atoms with van der Waals surface area (Å²) in [6.07, 6.45) is 14.0. The minimum atomic E-state index is 0.424. The Kier molecular flexibility index (Phi) is 6.01. The van der Waals surface area contributed by atoms with Gasteiger partial charge in [-0.05, 0) is 63.5 Å². The Balaban J connectivity index is 1.37. The van der Waals surface area contributed by atoms with E-state index in [-0.39, 0.29) is 0 Å². The maximum Gasteiger partial charge on any atom is 0.229 e. The molecule has 4 rings (SSSR count). The first-order chi connectivity index (χ1) is 13.7. The Morgan fingerprint density at radius 2 is 2.00 bits per heavy atom. The molecule has 2 aliphatic rings. The molecule has 1 saturated carbocycles. The molecule has 28 heavy (non-hydrogen) atoms. The van der Waals surface area contributed by atoms with Crippen LogP contribution in [0.4, 0.5) is 17.5 Å². The molecule has 2 fully saturated rings. The summed E-state index contributed by atoms with van der Waals surface area (Å²) >= 11 is 6.37. The van der Waals surface area contributed by atoms with Crippen LogP contribution in [0.15, 0.2) is 18.6 Å². The van der Waals surface area contributed by atoms with Crippen molar-refractivity contribution in [1.29, 1.82) is 0 Å². The van der Waals surface area contributed by atoms with Gasteiger partial charge in [0.25, 0.3) is 0 Å². The fraction of sp³-hybridized carbons (Fsp3) is 0.650. The van der Waals surface area contributed by atoms with Gasteiger partial charge in [-0.3, -0.25) is 4.68 Å². The van der Waals surface area contributed by atoms with Crippen LogP contribution in [0.1, 0.15) is 51.9 Å². The molecule has 3 N–H and O–H groups in total. The van der Waals surface area contributed by atoms with E-state index < -0.39 is 0 Å². The molecule has 1 spiro atoms. The second-order valence-corrected chi connectivity index (χ2v) is 8.58. The Bertz CT molecular complexity index is 775. The highest BCUT2D eigenvalue weighted by molar-refractivity contribution is 6.32. The van der Waals surface area contributed by atoms with Crippen LogP contribution in [0.5, 0.6) is 0 Å². The summed E-state index contributed by atoms with van der Waals surface area (Å²) in [6.45, 7) is 5.36. The number of anilines is 3. The van der Waals surface area contributed by atoms with Gasteiger partial charge in [0.05, 0.1) is 18.1 Å². The zero-order valence-corrected chi connectivity index (χ0v) is 17.3. The molecule has 0 radical (unpaired) electrons. The molecule has 0 bridgehead atoms. The Hall–Kier alpha value is -1.86. The predicted molar refractivity (Wildman–Crippen MR) is 113 cm³/mol. The largest absolute Gasteiger partial charge is 0.366 e. The number of halogens is 1. The minimum absolute atomic E-state index is 0.424. The van der Waals surface area contributed by atoms with Crippen LogP contribution in [0.25, 0.3) is 0 Å². The summed E-state index contributed by atoms with van der Waals surface area (Å²) in [5.41, 5.74) is 1.44. The fourth-order valence-corrected chi connectivity index (χ4v) is 4.61. The van der Waals surface area contributed by atoms with Crippen LogP contribution in [0.2, 0.25) is 5.02 Å². The van der Waals surface area contributed by atoms with Gasteiger partial charge in [0.15, 0.2) is 5.82 Å². The van der Waals surface area contributed by atoms with Crippen molar-refractivity contribution in [2.45, 2.75) is 64.5 Å². The standard InChI is InChI=1S/C20H30ClN7/c1-2-11-28-14-16(12-24-28)26-19-23-13-17(21)18(27-19)25-15-3-5-20(6-4-15)7-9-22-10-8-20/h12-15,22H,2-11H2,1H3,(H2,23,25,26,27). The van der Waals surface area contributed by atoms with Crippen molar-refractivity contribution in [3.63, 3.8) is 0 Å². The maximum atomic E-state index is 6.37. The topological polar surface area (TPSA) is 79.7 Å². The Labute approximate surface area is 171 Å². The van der Waals surface area contributed by atoms with Gasteiger partial charge in [-0.25, -0.2) is 4.98 Å². The molecule has 0 atom stereocenters. The van der Waals surface area contributed by atoms with E-state index in [1.807, 2.05) is 10.9 Å². The smallest absolute Gasteiger partial charge is 0.229 e. The zero-order chi connectivity index (χ0) is 19.4. The van der Waals surface area contributed by atoms with Gasteiger partial charge < -0.3 is 16.0 Å². The van der Waals surface area contributed by atoms with Gasteiger partial charge in [0, 0.05) is 18.8 Å². The second kappa shape index (κ2) is 8.66. The maximum absolute atomic E-state index is 6.37. The summed E-state index contributed by atoms with van der Waals surface area (Å²) in [4.78, 5) is 8.92. The summed E-state index contributed by atoms with van der Waals surface area (Å²) in [6, 6.07) is 0.424. The van der Waals surface area contributed by atoms with Gasteiger partial charge >= 0.3 is 0 Å².